The second-order valence-electron chi connectivity index (χ2n) is 8.75. The third-order valence-electron chi connectivity index (χ3n) is 7.95. The van der Waals surface area contributed by atoms with Crippen LogP contribution in [-0.4, -0.2) is 28.6 Å². The fourth-order valence-electron chi connectivity index (χ4n) is 6.63. The minimum absolute atomic E-state index is 0.0998. The third-order valence-corrected chi connectivity index (χ3v) is 7.95. The van der Waals surface area contributed by atoms with Crippen molar-refractivity contribution in [3.63, 3.8) is 0 Å². The van der Waals surface area contributed by atoms with Crippen molar-refractivity contribution in [2.45, 2.75) is 91.0 Å². The fourth-order valence-corrected chi connectivity index (χ4v) is 6.63. The topological polar surface area (TPSA) is 44.2 Å². The predicted octanol–water partition coefficient (Wildman–Crippen LogP) is 5.04. The van der Waals surface area contributed by atoms with Gasteiger partial charge in [0.1, 0.15) is 0 Å². The molecule has 4 fully saturated rings. The van der Waals surface area contributed by atoms with Crippen LogP contribution in [0.4, 0.5) is 0 Å². The number of amides is 1. The summed E-state index contributed by atoms with van der Waals surface area (Å²) in [5.41, 5.74) is 1.29. The number of carbonyl (C=O) groups is 1. The molecule has 2 saturated carbocycles. The first-order chi connectivity index (χ1) is 11.5. The molecule has 0 radical (unpaired) electrons. The molecule has 0 aromatic heterocycles. The SMILES string of the molecule is CC.CC12CCC3C(CCN4C(=O)CCCCC34C)C1CCC2=N. The van der Waals surface area contributed by atoms with Crippen LogP contribution in [0.1, 0.15) is 85.5 Å². The van der Waals surface area contributed by atoms with E-state index in [1.807, 2.05) is 13.8 Å². The first-order valence-electron chi connectivity index (χ1n) is 10.4. The van der Waals surface area contributed by atoms with Crippen molar-refractivity contribution >= 4 is 11.6 Å². The smallest absolute Gasteiger partial charge is 0.223 e. The monoisotopic (exact) mass is 332 g/mol. The first-order valence-corrected chi connectivity index (χ1v) is 10.4. The minimum Gasteiger partial charge on any atom is -0.337 e. The number of nitrogens with one attached hydrogen (secondary N) is 1. The van der Waals surface area contributed by atoms with Gasteiger partial charge in [-0.15, -0.1) is 0 Å². The van der Waals surface area contributed by atoms with Gasteiger partial charge in [0.05, 0.1) is 0 Å². The van der Waals surface area contributed by atoms with Crippen molar-refractivity contribution in [3.05, 3.63) is 0 Å². The molecule has 4 aliphatic rings. The lowest BCUT2D eigenvalue weighted by atomic mass is 9.53. The molecule has 2 heterocycles. The Labute approximate surface area is 148 Å². The number of carbonyl (C=O) groups excluding carboxylic acids is 1. The van der Waals surface area contributed by atoms with Crippen LogP contribution >= 0.6 is 0 Å². The molecule has 2 aliphatic carbocycles. The van der Waals surface area contributed by atoms with Crippen LogP contribution in [0, 0.1) is 28.6 Å². The Hall–Kier alpha value is -0.860. The molecule has 24 heavy (non-hydrogen) atoms. The molecule has 136 valence electrons. The first kappa shape index (κ1) is 17.9. The lowest BCUT2D eigenvalue weighted by Crippen LogP contribution is -2.62. The Morgan fingerprint density at radius 3 is 2.50 bits per heavy atom. The molecular weight excluding hydrogens is 296 g/mol. The number of hydrogen-bond donors (Lipinski definition) is 1. The van der Waals surface area contributed by atoms with Gasteiger partial charge < -0.3 is 10.3 Å². The van der Waals surface area contributed by atoms with E-state index in [9.17, 15) is 4.79 Å². The van der Waals surface area contributed by atoms with E-state index in [4.69, 9.17) is 5.41 Å². The Morgan fingerprint density at radius 2 is 1.75 bits per heavy atom. The number of rotatable bonds is 0. The summed E-state index contributed by atoms with van der Waals surface area (Å²) >= 11 is 0. The van der Waals surface area contributed by atoms with E-state index in [0.29, 0.717) is 17.7 Å². The fraction of sp³-hybridized carbons (Fsp3) is 0.905. The Bertz CT molecular complexity index is 516. The molecule has 0 aromatic rings. The van der Waals surface area contributed by atoms with Crippen molar-refractivity contribution in [3.8, 4) is 0 Å². The van der Waals surface area contributed by atoms with Crippen molar-refractivity contribution < 1.29 is 4.79 Å². The molecule has 5 unspecified atom stereocenters. The summed E-state index contributed by atoms with van der Waals surface area (Å²) in [6, 6.07) is 0. The van der Waals surface area contributed by atoms with Crippen LogP contribution in [0.2, 0.25) is 0 Å². The van der Waals surface area contributed by atoms with Crippen LogP contribution in [-0.2, 0) is 4.79 Å². The summed E-state index contributed by atoms with van der Waals surface area (Å²) in [6.07, 6.45) is 10.1. The number of hydrogen-bond acceptors (Lipinski definition) is 2. The lowest BCUT2D eigenvalue weighted by Gasteiger charge is -2.59. The molecule has 2 saturated heterocycles. The van der Waals surface area contributed by atoms with Crippen molar-refractivity contribution in [1.82, 2.24) is 4.90 Å². The van der Waals surface area contributed by atoms with Crippen LogP contribution in [0.25, 0.3) is 0 Å². The van der Waals surface area contributed by atoms with Gasteiger partial charge in [-0.2, -0.15) is 0 Å². The molecular formula is C21H36N2O. The second-order valence-corrected chi connectivity index (χ2v) is 8.75. The number of fused-ring (bicyclic) bond motifs is 5. The molecule has 0 aromatic carbocycles. The normalized spacial score (nSPS) is 44.7. The van der Waals surface area contributed by atoms with E-state index in [0.717, 1.165) is 37.4 Å². The van der Waals surface area contributed by atoms with E-state index in [1.165, 1.54) is 38.5 Å². The molecule has 5 atom stereocenters. The highest BCUT2D eigenvalue weighted by Crippen LogP contribution is 2.60. The summed E-state index contributed by atoms with van der Waals surface area (Å²) in [4.78, 5) is 14.8. The van der Waals surface area contributed by atoms with Crippen molar-refractivity contribution in [2.24, 2.45) is 23.2 Å². The Balaban J connectivity index is 0.000000815. The van der Waals surface area contributed by atoms with Gasteiger partial charge in [-0.3, -0.25) is 4.79 Å². The van der Waals surface area contributed by atoms with Gasteiger partial charge in [-0.1, -0.05) is 27.2 Å². The van der Waals surface area contributed by atoms with Gasteiger partial charge in [-0.05, 0) is 69.6 Å². The highest BCUT2D eigenvalue weighted by molar-refractivity contribution is 5.89. The molecule has 3 heteroatoms. The quantitative estimate of drug-likeness (QED) is 0.663. The van der Waals surface area contributed by atoms with Gasteiger partial charge in [0.15, 0.2) is 0 Å². The van der Waals surface area contributed by atoms with Gasteiger partial charge in [0.25, 0.3) is 0 Å². The zero-order valence-corrected chi connectivity index (χ0v) is 16.2. The van der Waals surface area contributed by atoms with Gasteiger partial charge in [0, 0.05) is 29.6 Å². The maximum absolute atomic E-state index is 12.6. The molecule has 0 spiro atoms. The van der Waals surface area contributed by atoms with Crippen LogP contribution < -0.4 is 0 Å². The summed E-state index contributed by atoms with van der Waals surface area (Å²) in [7, 11) is 0. The molecule has 0 bridgehead atoms. The molecule has 2 aliphatic heterocycles. The zero-order chi connectivity index (χ0) is 17.5. The molecule has 1 amide bonds. The van der Waals surface area contributed by atoms with Gasteiger partial charge >= 0.3 is 0 Å². The number of piperidine rings is 1. The van der Waals surface area contributed by atoms with E-state index >= 15 is 0 Å². The lowest BCUT2D eigenvalue weighted by molar-refractivity contribution is -0.150. The largest absolute Gasteiger partial charge is 0.337 e. The highest BCUT2D eigenvalue weighted by atomic mass is 16.2. The van der Waals surface area contributed by atoms with Crippen LogP contribution in [0.3, 0.4) is 0 Å². The van der Waals surface area contributed by atoms with E-state index in [2.05, 4.69) is 18.7 Å². The van der Waals surface area contributed by atoms with E-state index < -0.39 is 0 Å². The Morgan fingerprint density at radius 1 is 1.00 bits per heavy atom. The maximum Gasteiger partial charge on any atom is 0.223 e. The van der Waals surface area contributed by atoms with Gasteiger partial charge in [0.2, 0.25) is 5.91 Å². The second kappa shape index (κ2) is 6.46. The van der Waals surface area contributed by atoms with Crippen molar-refractivity contribution in [1.29, 1.82) is 5.41 Å². The minimum atomic E-state index is 0.0998. The van der Waals surface area contributed by atoms with Crippen LogP contribution in [0.15, 0.2) is 0 Å². The maximum atomic E-state index is 12.6. The molecule has 4 rings (SSSR count). The van der Waals surface area contributed by atoms with Crippen molar-refractivity contribution in [2.75, 3.05) is 6.54 Å². The standard InChI is InChI=1S/C19H30N2O.C2H6/c1-18-11-8-15-13(14(18)6-7-16(18)20)9-12-21-17(22)5-3-4-10-19(15,21)2;1-2/h13-15,20H,3-12H2,1-2H3;1-2H3. The summed E-state index contributed by atoms with van der Waals surface area (Å²) in [6.45, 7) is 9.71. The summed E-state index contributed by atoms with van der Waals surface area (Å²) in [5, 5.41) is 8.41. The molecule has 3 nitrogen and oxygen atoms in total. The zero-order valence-electron chi connectivity index (χ0n) is 16.2. The Kier molecular flexibility index (Phi) is 4.83. The summed E-state index contributed by atoms with van der Waals surface area (Å²) in [5.74, 6) is 2.53. The van der Waals surface area contributed by atoms with Gasteiger partial charge in [-0.25, -0.2) is 0 Å². The third kappa shape index (κ3) is 2.45. The van der Waals surface area contributed by atoms with E-state index in [1.54, 1.807) is 0 Å². The van der Waals surface area contributed by atoms with E-state index in [-0.39, 0.29) is 11.0 Å². The summed E-state index contributed by atoms with van der Waals surface area (Å²) < 4.78 is 0. The molecule has 1 N–H and O–H groups in total. The average Bonchev–Trinajstić information content (AvgIpc) is 2.79. The van der Waals surface area contributed by atoms with Crippen LogP contribution in [0.5, 0.6) is 0 Å². The predicted molar refractivity (Wildman–Crippen MR) is 99.3 cm³/mol. The number of nitrogens with zero attached hydrogens (tertiary/aromatic N) is 1. The average molecular weight is 333 g/mol. The highest BCUT2D eigenvalue weighted by Gasteiger charge is 2.58.